The molecule has 5 nitrogen and oxygen atoms in total. The van der Waals surface area contributed by atoms with Gasteiger partial charge in [0, 0.05) is 19.6 Å². The SMILES string of the molecule is CC(C)COc1ccccc1NC(=O)N(CCN(C)C)Cc1ccccc1. The monoisotopic (exact) mass is 369 g/mol. The van der Waals surface area contributed by atoms with Crippen molar-refractivity contribution in [3.63, 3.8) is 0 Å². The van der Waals surface area contributed by atoms with Gasteiger partial charge in [0.1, 0.15) is 5.75 Å². The Kier molecular flexibility index (Phi) is 8.14. The van der Waals surface area contributed by atoms with E-state index >= 15 is 0 Å². The minimum atomic E-state index is -0.124. The Balaban J connectivity index is 2.10. The van der Waals surface area contributed by atoms with E-state index < -0.39 is 0 Å². The molecule has 0 heterocycles. The Labute approximate surface area is 162 Å². The largest absolute Gasteiger partial charge is 0.491 e. The van der Waals surface area contributed by atoms with E-state index in [2.05, 4.69) is 24.1 Å². The molecular formula is C22H31N3O2. The van der Waals surface area contributed by atoms with Crippen LogP contribution in [-0.4, -0.2) is 49.6 Å². The maximum absolute atomic E-state index is 13.0. The molecule has 5 heteroatoms. The summed E-state index contributed by atoms with van der Waals surface area (Å²) in [5.74, 6) is 1.12. The number of ether oxygens (including phenoxy) is 1. The summed E-state index contributed by atoms with van der Waals surface area (Å²) in [4.78, 5) is 16.9. The molecule has 0 aliphatic heterocycles. The Morgan fingerprint density at radius 2 is 1.67 bits per heavy atom. The first-order chi connectivity index (χ1) is 13.0. The number of anilines is 1. The van der Waals surface area contributed by atoms with E-state index in [4.69, 9.17) is 4.74 Å². The van der Waals surface area contributed by atoms with Gasteiger partial charge in [-0.15, -0.1) is 0 Å². The number of hydrogen-bond acceptors (Lipinski definition) is 3. The van der Waals surface area contributed by atoms with Crippen LogP contribution in [0.25, 0.3) is 0 Å². The van der Waals surface area contributed by atoms with Gasteiger partial charge in [-0.25, -0.2) is 4.79 Å². The molecule has 1 N–H and O–H groups in total. The van der Waals surface area contributed by atoms with Gasteiger partial charge in [0.15, 0.2) is 0 Å². The van der Waals surface area contributed by atoms with Crippen LogP contribution in [0.2, 0.25) is 0 Å². The zero-order valence-corrected chi connectivity index (χ0v) is 16.8. The Hall–Kier alpha value is -2.53. The second-order valence-electron chi connectivity index (χ2n) is 7.34. The number of carbonyl (C=O) groups excluding carboxylic acids is 1. The lowest BCUT2D eigenvalue weighted by atomic mass is 10.2. The van der Waals surface area contributed by atoms with Crippen molar-refractivity contribution in [1.29, 1.82) is 0 Å². The second kappa shape index (κ2) is 10.6. The number of urea groups is 1. The lowest BCUT2D eigenvalue weighted by molar-refractivity contribution is 0.202. The number of hydrogen-bond donors (Lipinski definition) is 1. The number of nitrogens with one attached hydrogen (secondary N) is 1. The molecule has 0 fully saturated rings. The molecule has 0 saturated heterocycles. The van der Waals surface area contributed by atoms with Crippen LogP contribution in [0.5, 0.6) is 5.75 Å². The standard InChI is InChI=1S/C22H31N3O2/c1-18(2)17-27-21-13-9-8-12-20(21)23-22(26)25(15-14-24(3)4)16-19-10-6-5-7-11-19/h5-13,18H,14-17H2,1-4H3,(H,23,26). The Morgan fingerprint density at radius 1 is 1.00 bits per heavy atom. The van der Waals surface area contributed by atoms with Crippen molar-refractivity contribution in [2.45, 2.75) is 20.4 Å². The minimum Gasteiger partial charge on any atom is -0.491 e. The number of amides is 2. The molecule has 0 aliphatic rings. The number of benzene rings is 2. The first kappa shape index (κ1) is 20.8. The van der Waals surface area contributed by atoms with Crippen LogP contribution in [-0.2, 0) is 6.54 Å². The highest BCUT2D eigenvalue weighted by atomic mass is 16.5. The molecule has 0 radical (unpaired) electrons. The predicted molar refractivity (Wildman–Crippen MR) is 111 cm³/mol. The highest BCUT2D eigenvalue weighted by molar-refractivity contribution is 5.91. The summed E-state index contributed by atoms with van der Waals surface area (Å²) in [6, 6.07) is 17.5. The van der Waals surface area contributed by atoms with E-state index in [0.29, 0.717) is 37.1 Å². The van der Waals surface area contributed by atoms with Gasteiger partial charge in [-0.1, -0.05) is 56.3 Å². The Bertz CT molecular complexity index is 702. The molecule has 0 aromatic heterocycles. The average Bonchev–Trinajstić information content (AvgIpc) is 2.65. The number of carbonyl (C=O) groups is 1. The Morgan fingerprint density at radius 3 is 2.33 bits per heavy atom. The van der Waals surface area contributed by atoms with E-state index in [1.165, 1.54) is 0 Å². The maximum Gasteiger partial charge on any atom is 0.322 e. The summed E-state index contributed by atoms with van der Waals surface area (Å²) >= 11 is 0. The summed E-state index contributed by atoms with van der Waals surface area (Å²) in [6.45, 7) is 6.82. The van der Waals surface area contributed by atoms with Crippen LogP contribution < -0.4 is 10.1 Å². The quantitative estimate of drug-likeness (QED) is 0.716. The van der Waals surface area contributed by atoms with Crippen molar-refractivity contribution in [1.82, 2.24) is 9.80 Å². The second-order valence-corrected chi connectivity index (χ2v) is 7.34. The molecule has 2 aromatic rings. The molecular weight excluding hydrogens is 338 g/mol. The molecule has 0 aliphatic carbocycles. The molecule has 0 unspecified atom stereocenters. The summed E-state index contributed by atoms with van der Waals surface area (Å²) in [5, 5.41) is 3.02. The van der Waals surface area contributed by atoms with Crippen molar-refractivity contribution in [2.24, 2.45) is 5.92 Å². The van der Waals surface area contributed by atoms with Crippen molar-refractivity contribution in [3.8, 4) is 5.75 Å². The van der Waals surface area contributed by atoms with Gasteiger partial charge in [0.25, 0.3) is 0 Å². The zero-order chi connectivity index (χ0) is 19.6. The van der Waals surface area contributed by atoms with Crippen LogP contribution >= 0.6 is 0 Å². The third kappa shape index (κ3) is 7.31. The van der Waals surface area contributed by atoms with Crippen molar-refractivity contribution in [3.05, 3.63) is 60.2 Å². The molecule has 146 valence electrons. The van der Waals surface area contributed by atoms with Crippen LogP contribution in [0.15, 0.2) is 54.6 Å². The molecule has 0 atom stereocenters. The fourth-order valence-electron chi connectivity index (χ4n) is 2.52. The zero-order valence-electron chi connectivity index (χ0n) is 16.8. The summed E-state index contributed by atoms with van der Waals surface area (Å²) in [5.41, 5.74) is 1.81. The molecule has 2 rings (SSSR count). The van der Waals surface area contributed by atoms with E-state index in [1.54, 1.807) is 0 Å². The fourth-order valence-corrected chi connectivity index (χ4v) is 2.52. The molecule has 2 aromatic carbocycles. The third-order valence-corrected chi connectivity index (χ3v) is 4.02. The lowest BCUT2D eigenvalue weighted by Gasteiger charge is -2.25. The highest BCUT2D eigenvalue weighted by Gasteiger charge is 2.16. The van der Waals surface area contributed by atoms with Crippen molar-refractivity contribution >= 4 is 11.7 Å². The molecule has 2 amide bonds. The molecule has 0 saturated carbocycles. The van der Waals surface area contributed by atoms with Gasteiger partial charge in [0.2, 0.25) is 0 Å². The molecule has 0 spiro atoms. The fraction of sp³-hybridized carbons (Fsp3) is 0.409. The van der Waals surface area contributed by atoms with E-state index in [1.807, 2.05) is 73.6 Å². The molecule has 27 heavy (non-hydrogen) atoms. The number of rotatable bonds is 9. The molecule has 0 bridgehead atoms. The number of likely N-dealkylation sites (N-methyl/N-ethyl adjacent to an activating group) is 1. The van der Waals surface area contributed by atoms with Crippen molar-refractivity contribution < 1.29 is 9.53 Å². The van der Waals surface area contributed by atoms with Gasteiger partial charge >= 0.3 is 6.03 Å². The van der Waals surface area contributed by atoms with E-state index in [0.717, 1.165) is 12.1 Å². The average molecular weight is 370 g/mol. The summed E-state index contributed by atoms with van der Waals surface area (Å²) < 4.78 is 5.85. The topological polar surface area (TPSA) is 44.8 Å². The smallest absolute Gasteiger partial charge is 0.322 e. The van der Waals surface area contributed by atoms with Gasteiger partial charge in [-0.05, 0) is 37.7 Å². The van der Waals surface area contributed by atoms with Gasteiger partial charge in [-0.3, -0.25) is 0 Å². The third-order valence-electron chi connectivity index (χ3n) is 4.02. The number of nitrogens with zero attached hydrogens (tertiary/aromatic N) is 2. The van der Waals surface area contributed by atoms with E-state index in [9.17, 15) is 4.79 Å². The first-order valence-corrected chi connectivity index (χ1v) is 9.42. The maximum atomic E-state index is 13.0. The van der Waals surface area contributed by atoms with Crippen LogP contribution in [0.4, 0.5) is 10.5 Å². The van der Waals surface area contributed by atoms with Crippen molar-refractivity contribution in [2.75, 3.05) is 39.1 Å². The minimum absolute atomic E-state index is 0.124. The first-order valence-electron chi connectivity index (χ1n) is 9.42. The normalized spacial score (nSPS) is 10.9. The summed E-state index contributed by atoms with van der Waals surface area (Å²) in [7, 11) is 4.02. The number of para-hydroxylation sites is 2. The van der Waals surface area contributed by atoms with Crippen LogP contribution in [0, 0.1) is 5.92 Å². The van der Waals surface area contributed by atoms with Gasteiger partial charge < -0.3 is 19.9 Å². The predicted octanol–water partition coefficient (Wildman–Crippen LogP) is 4.32. The van der Waals surface area contributed by atoms with Crippen LogP contribution in [0.3, 0.4) is 0 Å². The highest BCUT2D eigenvalue weighted by Crippen LogP contribution is 2.25. The van der Waals surface area contributed by atoms with Gasteiger partial charge in [0.05, 0.1) is 12.3 Å². The summed E-state index contributed by atoms with van der Waals surface area (Å²) in [6.07, 6.45) is 0. The van der Waals surface area contributed by atoms with Crippen LogP contribution in [0.1, 0.15) is 19.4 Å². The van der Waals surface area contributed by atoms with E-state index in [-0.39, 0.29) is 6.03 Å². The lowest BCUT2D eigenvalue weighted by Crippen LogP contribution is -2.39. The van der Waals surface area contributed by atoms with Gasteiger partial charge in [-0.2, -0.15) is 0 Å².